The highest BCUT2D eigenvalue weighted by Crippen LogP contribution is 2.49. The van der Waals surface area contributed by atoms with Crippen molar-refractivity contribution in [2.75, 3.05) is 54.5 Å². The standard InChI is InChI=1S/C58H83IN4O23S3/c1-14-16-17-18-35(40-31(19-20-87-89-57(7,8)55(70)71)58(60,73)23-34(65)42(40)63-56(72)78-13)83-54-49(84-37-22-36(74-9)32(25-79-37)61-15-2)44(67)30(27(4)81-54)24-62-86-38-21-33(64)51(29(6)80-38)88-52(69)39-26(3)41(59)47(50(77-12)46(39)75-10)85-53-45(68)48(76-11)43(66)28(5)82-53/h14,16,19,24,27-30,32-33,35-38,43-45,48-49,51,53-54,61,64,66-68,73H,15,20-23,25,60H2,1-13H3,(H,63,72)(H,70,71)/b16-14-,31-19+,62-24+/t27-,28+,29-,30?,32+,33+,35+,36+,37+,38+,43+,44+,45-,48-,49-,51-,53+,54+,58+/m1/s1. The second-order valence-corrected chi connectivity index (χ2v) is 27.1. The number of nitrogens with zero attached hydrogens (tertiary/aromatic N) is 1. The van der Waals surface area contributed by atoms with Crippen LogP contribution in [-0.2, 0) is 57.1 Å². The number of carbonyl (C=O) groups excluding carboxylic acids is 3. The van der Waals surface area contributed by atoms with E-state index in [2.05, 4.69) is 27.6 Å². The Morgan fingerprint density at radius 1 is 0.933 bits per heavy atom. The van der Waals surface area contributed by atoms with Crippen molar-refractivity contribution in [2.45, 2.75) is 189 Å². The lowest BCUT2D eigenvalue weighted by atomic mass is 9.80. The molecule has 10 N–H and O–H groups in total. The van der Waals surface area contributed by atoms with Gasteiger partial charge in [-0.2, -0.15) is 0 Å². The summed E-state index contributed by atoms with van der Waals surface area (Å²) in [5.74, 6) is 3.06. The summed E-state index contributed by atoms with van der Waals surface area (Å²) in [4.78, 5) is 59.1. The molecule has 5 aliphatic rings. The number of likely N-dealkylation sites (N-methyl/N-ethyl adjacent to an activating group) is 1. The number of Topliss-reactive ketones (excluding diaryl/α,β-unsaturated/α-hetero) is 1. The molecule has 4 aliphatic heterocycles. The van der Waals surface area contributed by atoms with Gasteiger partial charge in [-0.3, -0.25) is 25.4 Å². The maximum atomic E-state index is 14.4. The van der Waals surface area contributed by atoms with E-state index in [1.165, 1.54) is 53.5 Å². The highest BCUT2D eigenvalue weighted by molar-refractivity contribution is 14.1. The highest BCUT2D eigenvalue weighted by atomic mass is 127. The minimum absolute atomic E-state index is 0.0147. The number of rotatable bonds is 24. The number of methoxy groups -OCH3 is 5. The van der Waals surface area contributed by atoms with Crippen LogP contribution in [0.1, 0.15) is 83.7 Å². The number of amides is 1. The number of carboxylic acids is 1. The van der Waals surface area contributed by atoms with Crippen molar-refractivity contribution in [1.82, 2.24) is 10.6 Å². The molecule has 89 heavy (non-hydrogen) atoms. The first-order valence-corrected chi connectivity index (χ1v) is 32.8. The number of hydrogen-bond acceptors (Lipinski definition) is 28. The van der Waals surface area contributed by atoms with Gasteiger partial charge in [0.05, 0.1) is 109 Å². The van der Waals surface area contributed by atoms with E-state index in [9.17, 15) is 49.8 Å². The van der Waals surface area contributed by atoms with Gasteiger partial charge in [0.2, 0.25) is 23.4 Å². The number of carboxylic acid groups (broad SMARTS) is 1. The average molecular weight is 1430 g/mol. The number of allylic oxidation sites excluding steroid dienone is 3. The number of aliphatic hydroxyl groups excluding tert-OH is 4. The fourth-order valence-corrected chi connectivity index (χ4v) is 14.4. The second-order valence-electron chi connectivity index (χ2n) is 21.9. The highest BCUT2D eigenvalue weighted by Gasteiger charge is 2.51. The van der Waals surface area contributed by atoms with E-state index >= 15 is 0 Å². The summed E-state index contributed by atoms with van der Waals surface area (Å²) in [6, 6.07) is -0.208. The average Bonchev–Trinajstić information content (AvgIpc) is 1.16. The van der Waals surface area contributed by atoms with E-state index in [1.54, 1.807) is 47.8 Å². The molecule has 1 unspecified atom stereocenters. The predicted molar refractivity (Wildman–Crippen MR) is 335 cm³/mol. The molecule has 0 spiro atoms. The molecule has 1 aromatic rings. The van der Waals surface area contributed by atoms with Gasteiger partial charge in [-0.05, 0) is 89.2 Å². The molecule has 4 heterocycles. The summed E-state index contributed by atoms with van der Waals surface area (Å²) in [5.41, 5.74) is 4.01. The molecule has 1 amide bonds. The lowest BCUT2D eigenvalue weighted by Crippen LogP contribution is -2.59. The van der Waals surface area contributed by atoms with Crippen molar-refractivity contribution >= 4 is 85.1 Å². The van der Waals surface area contributed by atoms with Gasteiger partial charge in [0.25, 0.3) is 0 Å². The van der Waals surface area contributed by atoms with E-state index in [-0.39, 0.29) is 70.9 Å². The van der Waals surface area contributed by atoms with Crippen LogP contribution in [0.4, 0.5) is 4.79 Å². The van der Waals surface area contributed by atoms with Gasteiger partial charge < -0.3 is 97.6 Å². The molecule has 19 atom stereocenters. The number of ketones is 1. The Kier molecular flexibility index (Phi) is 27.8. The lowest BCUT2D eigenvalue weighted by Gasteiger charge is -2.45. The van der Waals surface area contributed by atoms with Crippen molar-refractivity contribution in [2.24, 2.45) is 16.8 Å². The number of thioether (sulfide) groups is 1. The zero-order valence-electron chi connectivity index (χ0n) is 51.7. The molecule has 31 heteroatoms. The van der Waals surface area contributed by atoms with E-state index in [0.29, 0.717) is 15.7 Å². The summed E-state index contributed by atoms with van der Waals surface area (Å²) in [6.45, 7) is 14.0. The number of halogens is 1. The lowest BCUT2D eigenvalue weighted by molar-refractivity contribution is -0.326. The van der Waals surface area contributed by atoms with Gasteiger partial charge in [-0.1, -0.05) is 69.4 Å². The van der Waals surface area contributed by atoms with Crippen molar-refractivity contribution < 1.29 is 111 Å². The van der Waals surface area contributed by atoms with Crippen LogP contribution < -0.4 is 30.6 Å². The zero-order chi connectivity index (χ0) is 65.8. The fourth-order valence-electron chi connectivity index (χ4n) is 10.5. The maximum Gasteiger partial charge on any atom is 0.411 e. The normalized spacial score (nSPS) is 33.6. The number of benzene rings is 1. The minimum atomic E-state index is -2.38. The van der Waals surface area contributed by atoms with Crippen molar-refractivity contribution in [3.63, 3.8) is 0 Å². The minimum Gasteiger partial charge on any atom is -0.492 e. The second kappa shape index (κ2) is 33.3. The number of alkyl carbamates (subject to hydrolysis) is 1. The van der Waals surface area contributed by atoms with Crippen LogP contribution in [0.15, 0.2) is 40.2 Å². The molecule has 0 radical (unpaired) electrons. The summed E-state index contributed by atoms with van der Waals surface area (Å²) in [7, 11) is 8.84. The molecule has 6 rings (SSSR count). The van der Waals surface area contributed by atoms with Gasteiger partial charge in [-0.15, -0.1) is 0 Å². The van der Waals surface area contributed by atoms with Gasteiger partial charge in [-0.25, -0.2) is 4.79 Å². The largest absolute Gasteiger partial charge is 0.492 e. The first-order chi connectivity index (χ1) is 42.1. The molecule has 1 aromatic carbocycles. The zero-order valence-corrected chi connectivity index (χ0v) is 56.3. The number of nitrogens with two attached hydrogens (primary N) is 1. The monoisotopic (exact) mass is 1430 g/mol. The summed E-state index contributed by atoms with van der Waals surface area (Å²) < 4.78 is 71.0. The third-order valence-corrected chi connectivity index (χ3v) is 21.0. The van der Waals surface area contributed by atoms with Crippen LogP contribution in [0, 0.1) is 28.3 Å². The smallest absolute Gasteiger partial charge is 0.411 e. The molecule has 4 fully saturated rings. The Morgan fingerprint density at radius 2 is 1.63 bits per heavy atom. The van der Waals surface area contributed by atoms with Crippen LogP contribution in [0.25, 0.3) is 0 Å². The van der Waals surface area contributed by atoms with Gasteiger partial charge in [0, 0.05) is 44.0 Å². The molecular weight excluding hydrogens is 1340 g/mol. The fraction of sp³-hybridized carbons (Fsp3) is 0.672. The predicted octanol–water partition coefficient (Wildman–Crippen LogP) is 3.43. The van der Waals surface area contributed by atoms with E-state index < -0.39 is 143 Å². The molecule has 0 saturated carbocycles. The topological polar surface area (TPSA) is 372 Å². The molecule has 498 valence electrons. The number of carbonyl (C=O) groups is 4. The number of hydrogen-bond donors (Lipinski definition) is 9. The number of oxime groups is 1. The molecule has 0 aromatic heterocycles. The first kappa shape index (κ1) is 74.2. The number of nitrogens with one attached hydrogen (secondary N) is 2. The van der Waals surface area contributed by atoms with Crippen LogP contribution in [0.5, 0.6) is 17.2 Å². The van der Waals surface area contributed by atoms with Gasteiger partial charge >= 0.3 is 12.1 Å². The number of aliphatic carboxylic acids is 1. The first-order valence-electron chi connectivity index (χ1n) is 28.5. The molecule has 27 nitrogen and oxygen atoms in total. The van der Waals surface area contributed by atoms with E-state index in [1.807, 2.05) is 29.5 Å². The van der Waals surface area contributed by atoms with E-state index in [0.717, 1.165) is 40.5 Å². The molecule has 1 aliphatic carbocycles. The molecule has 0 bridgehead atoms. The van der Waals surface area contributed by atoms with Crippen molar-refractivity contribution in [3.8, 4) is 29.1 Å². The van der Waals surface area contributed by atoms with Crippen LogP contribution in [0.2, 0.25) is 0 Å². The Morgan fingerprint density at radius 3 is 2.25 bits per heavy atom. The van der Waals surface area contributed by atoms with Crippen LogP contribution >= 0.6 is 55.9 Å². The Labute approximate surface area is 543 Å². The Balaban J connectivity index is 1.26. The van der Waals surface area contributed by atoms with Gasteiger partial charge in [0.1, 0.15) is 41.0 Å². The Bertz CT molecular complexity index is 2820. The van der Waals surface area contributed by atoms with Crippen LogP contribution in [-0.4, -0.2) is 228 Å². The third-order valence-electron chi connectivity index (χ3n) is 15.3. The maximum absolute atomic E-state index is 14.4. The van der Waals surface area contributed by atoms with Crippen molar-refractivity contribution in [1.29, 1.82) is 0 Å². The quantitative estimate of drug-likeness (QED) is 0.0136. The molecular formula is C58H83IN4O23S3. The number of ether oxygens (including phenoxy) is 12. The van der Waals surface area contributed by atoms with Gasteiger partial charge in [0.15, 0.2) is 29.9 Å². The Hall–Kier alpha value is -3.87. The SMILES string of the molecule is C/C=C\C#C[C@H](O[C@@H]1O[C@H](C)C(/C=N/O[C@H]2C[C@H](O)[C@H](SC(=O)c3c(C)c(I)c(O[C@@H]4O[C@@H](C)[C@H](O)[C@@H](OC)[C@H]4O)c(OC)c3OC)[C@@H](C)O2)[C@H](O)[C@H]1O[C@H]1C[C@H](OC)[C@@H](NCC)CO1)C1=C(NC(=O)OC)C(=O)C[C@](N)(O)/C1=C/CSSC(C)(C)C(=O)O. The van der Waals surface area contributed by atoms with E-state index in [4.69, 9.17) is 67.4 Å². The molecule has 4 saturated heterocycles. The number of aliphatic hydroxyl groups is 5. The summed E-state index contributed by atoms with van der Waals surface area (Å²) >= 11 is 2.80. The third kappa shape index (κ3) is 17.9. The summed E-state index contributed by atoms with van der Waals surface area (Å²) in [5, 5.41) is 76.0. The van der Waals surface area contributed by atoms with Crippen LogP contribution in [0.3, 0.4) is 0 Å². The summed E-state index contributed by atoms with van der Waals surface area (Å²) in [6.07, 6.45) is -13.3. The van der Waals surface area contributed by atoms with Crippen molar-refractivity contribution in [3.05, 3.63) is 49.8 Å².